The van der Waals surface area contributed by atoms with Crippen molar-refractivity contribution in [1.29, 1.82) is 0 Å². The van der Waals surface area contributed by atoms with E-state index in [2.05, 4.69) is 10.3 Å². The van der Waals surface area contributed by atoms with Gasteiger partial charge in [0.1, 0.15) is 5.00 Å². The van der Waals surface area contributed by atoms with E-state index >= 15 is 0 Å². The molecule has 2 rings (SSSR count). The number of anilines is 1. The van der Waals surface area contributed by atoms with Gasteiger partial charge in [0.15, 0.2) is 5.03 Å². The van der Waals surface area contributed by atoms with Gasteiger partial charge in [0, 0.05) is 20.3 Å². The van der Waals surface area contributed by atoms with Crippen LogP contribution in [-0.2, 0) is 24.4 Å². The smallest absolute Gasteiger partial charge is 0.226 e. The lowest BCUT2D eigenvalue weighted by Crippen LogP contribution is -2.10. The van der Waals surface area contributed by atoms with Crippen molar-refractivity contribution in [3.8, 4) is 0 Å². The maximum atomic E-state index is 13.0. The highest BCUT2D eigenvalue weighted by Gasteiger charge is 2.30. The van der Waals surface area contributed by atoms with Gasteiger partial charge in [-0.15, -0.1) is 0 Å². The molecule has 0 bridgehead atoms. The van der Waals surface area contributed by atoms with Crippen LogP contribution in [0.1, 0.15) is 25.3 Å². The van der Waals surface area contributed by atoms with Crippen LogP contribution in [-0.4, -0.2) is 47.8 Å². The first-order valence-electron chi connectivity index (χ1n) is 8.50. The van der Waals surface area contributed by atoms with Gasteiger partial charge >= 0.3 is 0 Å². The van der Waals surface area contributed by atoms with Crippen molar-refractivity contribution in [1.82, 2.24) is 4.98 Å². The van der Waals surface area contributed by atoms with Crippen molar-refractivity contribution < 1.29 is 21.6 Å². The fourth-order valence-corrected chi connectivity index (χ4v) is 6.70. The molecule has 27 heavy (non-hydrogen) atoms. The van der Waals surface area contributed by atoms with Crippen LogP contribution in [0.25, 0.3) is 0 Å². The van der Waals surface area contributed by atoms with Gasteiger partial charge in [-0.1, -0.05) is 36.0 Å². The molecule has 1 N–H and O–H groups in total. The molecule has 0 aliphatic carbocycles. The van der Waals surface area contributed by atoms with Crippen molar-refractivity contribution in [2.45, 2.75) is 41.0 Å². The molecule has 0 aliphatic heterocycles. The van der Waals surface area contributed by atoms with Crippen molar-refractivity contribution in [3.63, 3.8) is 0 Å². The van der Waals surface area contributed by atoms with E-state index in [1.54, 1.807) is 26.2 Å². The molecule has 0 aliphatic rings. The van der Waals surface area contributed by atoms with E-state index in [1.807, 2.05) is 6.92 Å². The summed E-state index contributed by atoms with van der Waals surface area (Å²) < 4.78 is 55.7. The quantitative estimate of drug-likeness (QED) is 0.576. The van der Waals surface area contributed by atoms with E-state index in [0.29, 0.717) is 26.0 Å². The van der Waals surface area contributed by atoms with Crippen LogP contribution in [0.2, 0.25) is 0 Å². The number of rotatable bonds is 10. The Hall–Kier alpha value is -1.49. The zero-order chi connectivity index (χ0) is 20.1. The summed E-state index contributed by atoms with van der Waals surface area (Å²) >= 11 is 0.859. The Morgan fingerprint density at radius 2 is 1.81 bits per heavy atom. The van der Waals surface area contributed by atoms with Gasteiger partial charge < -0.3 is 10.1 Å². The number of hydrogen-bond donors (Lipinski definition) is 1. The van der Waals surface area contributed by atoms with Crippen LogP contribution in [0.5, 0.6) is 0 Å². The minimum absolute atomic E-state index is 0.0757. The predicted molar refractivity (Wildman–Crippen MR) is 106 cm³/mol. The first-order valence-corrected chi connectivity index (χ1v) is 12.5. The SMILES string of the molecule is CCCS(=O)(=O)c1nc(S(=O)(=O)c2ccc(C)cc2)c(NCCCOC)s1. The highest BCUT2D eigenvalue weighted by atomic mass is 32.2. The number of aromatic nitrogens is 1. The van der Waals surface area contributed by atoms with E-state index < -0.39 is 19.7 Å². The fraction of sp³-hybridized carbons (Fsp3) is 0.471. The van der Waals surface area contributed by atoms with Crippen LogP contribution in [0.4, 0.5) is 5.00 Å². The average molecular weight is 433 g/mol. The Balaban J connectivity index is 2.48. The average Bonchev–Trinajstić information content (AvgIpc) is 3.05. The van der Waals surface area contributed by atoms with Crippen molar-refractivity contribution in [2.75, 3.05) is 31.3 Å². The number of sulfone groups is 2. The lowest BCUT2D eigenvalue weighted by molar-refractivity contribution is 0.198. The zero-order valence-electron chi connectivity index (χ0n) is 15.6. The third kappa shape index (κ3) is 5.28. The largest absolute Gasteiger partial charge is 0.385 e. The van der Waals surface area contributed by atoms with Gasteiger partial charge in [-0.3, -0.25) is 0 Å². The number of aryl methyl sites for hydroxylation is 1. The molecule has 1 heterocycles. The Bertz CT molecular complexity index is 964. The molecule has 0 radical (unpaired) electrons. The van der Waals surface area contributed by atoms with Crippen LogP contribution in [0.15, 0.2) is 38.5 Å². The number of nitrogens with one attached hydrogen (secondary N) is 1. The third-order valence-electron chi connectivity index (χ3n) is 3.71. The standard InChI is InChI=1S/C17H24N2O5S3/c1-4-12-26(20,21)17-19-16(15(25-17)18-10-5-11-24-3)27(22,23)14-8-6-13(2)7-9-14/h6-9,18H,4-5,10-12H2,1-3H3. The summed E-state index contributed by atoms with van der Waals surface area (Å²) in [6.45, 7) is 4.56. The third-order valence-corrected chi connectivity index (χ3v) is 8.93. The van der Waals surface area contributed by atoms with Crippen molar-refractivity contribution in [2.24, 2.45) is 0 Å². The normalized spacial score (nSPS) is 12.3. The van der Waals surface area contributed by atoms with Gasteiger partial charge in [0.25, 0.3) is 0 Å². The highest BCUT2D eigenvalue weighted by molar-refractivity contribution is 7.94. The summed E-state index contributed by atoms with van der Waals surface area (Å²) in [4.78, 5) is 4.10. The molecule has 0 fully saturated rings. The van der Waals surface area contributed by atoms with Crippen LogP contribution < -0.4 is 5.32 Å². The lowest BCUT2D eigenvalue weighted by atomic mass is 10.2. The minimum Gasteiger partial charge on any atom is -0.385 e. The maximum Gasteiger partial charge on any atom is 0.226 e. The molecule has 150 valence electrons. The topological polar surface area (TPSA) is 102 Å². The summed E-state index contributed by atoms with van der Waals surface area (Å²) in [6.07, 6.45) is 1.08. The summed E-state index contributed by atoms with van der Waals surface area (Å²) in [6, 6.07) is 6.39. The maximum absolute atomic E-state index is 13.0. The monoisotopic (exact) mass is 432 g/mol. The molecule has 0 spiro atoms. The van der Waals surface area contributed by atoms with Gasteiger partial charge in [-0.25, -0.2) is 21.8 Å². The number of ether oxygens (including phenoxy) is 1. The lowest BCUT2D eigenvalue weighted by Gasteiger charge is -2.07. The first-order chi connectivity index (χ1) is 12.7. The van der Waals surface area contributed by atoms with Crippen LogP contribution >= 0.6 is 11.3 Å². The Kier molecular flexibility index (Phi) is 7.38. The minimum atomic E-state index is -3.94. The Morgan fingerprint density at radius 1 is 1.15 bits per heavy atom. The van der Waals surface area contributed by atoms with Crippen LogP contribution in [0, 0.1) is 6.92 Å². The molecule has 0 saturated carbocycles. The van der Waals surface area contributed by atoms with Gasteiger partial charge in [0.2, 0.25) is 24.0 Å². The fourth-order valence-electron chi connectivity index (χ4n) is 2.32. The van der Waals surface area contributed by atoms with Crippen molar-refractivity contribution >= 4 is 36.0 Å². The number of nitrogens with zero attached hydrogens (tertiary/aromatic N) is 1. The van der Waals surface area contributed by atoms with Crippen LogP contribution in [0.3, 0.4) is 0 Å². The molecule has 0 unspecified atom stereocenters. The van der Waals surface area contributed by atoms with Gasteiger partial charge in [-0.05, 0) is 31.9 Å². The van der Waals surface area contributed by atoms with E-state index in [-0.39, 0.29) is 25.0 Å². The zero-order valence-corrected chi connectivity index (χ0v) is 18.0. The molecule has 7 nitrogen and oxygen atoms in total. The summed E-state index contributed by atoms with van der Waals surface area (Å²) in [5.41, 5.74) is 0.927. The molecule has 1 aromatic heterocycles. The second kappa shape index (κ2) is 9.13. The first kappa shape index (κ1) is 21.8. The van der Waals surface area contributed by atoms with E-state index in [1.165, 1.54) is 12.1 Å². The summed E-state index contributed by atoms with van der Waals surface area (Å²) in [5, 5.41) is 2.99. The van der Waals surface area contributed by atoms with E-state index in [9.17, 15) is 16.8 Å². The predicted octanol–water partition coefficient (Wildman–Crippen LogP) is 2.92. The summed E-state index contributed by atoms with van der Waals surface area (Å²) in [7, 11) is -5.98. The van der Waals surface area contributed by atoms with Crippen molar-refractivity contribution in [3.05, 3.63) is 29.8 Å². The molecule has 0 saturated heterocycles. The number of methoxy groups -OCH3 is 1. The van der Waals surface area contributed by atoms with Gasteiger partial charge in [0.05, 0.1) is 10.6 Å². The van der Waals surface area contributed by atoms with E-state index in [0.717, 1.165) is 16.9 Å². The Morgan fingerprint density at radius 3 is 2.41 bits per heavy atom. The molecule has 2 aromatic rings. The second-order valence-corrected chi connectivity index (χ2v) is 11.2. The highest BCUT2D eigenvalue weighted by Crippen LogP contribution is 2.35. The van der Waals surface area contributed by atoms with E-state index in [4.69, 9.17) is 4.74 Å². The number of benzene rings is 1. The number of thiazole rings is 1. The molecular formula is C17H24N2O5S3. The molecule has 1 aromatic carbocycles. The molecule has 10 heteroatoms. The number of hydrogen-bond acceptors (Lipinski definition) is 8. The Labute approximate surface area is 164 Å². The van der Waals surface area contributed by atoms with Gasteiger partial charge in [-0.2, -0.15) is 0 Å². The molecule has 0 amide bonds. The summed E-state index contributed by atoms with van der Waals surface area (Å²) in [5.74, 6) is -0.0757. The second-order valence-electron chi connectivity index (χ2n) is 6.02. The molecule has 0 atom stereocenters. The molecular weight excluding hydrogens is 408 g/mol.